The van der Waals surface area contributed by atoms with Crippen LogP contribution in [0.4, 0.5) is 0 Å². The minimum absolute atomic E-state index is 0.246. The molecule has 294 valence electrons. The van der Waals surface area contributed by atoms with Gasteiger partial charge in [0.2, 0.25) is 11.8 Å². The van der Waals surface area contributed by atoms with Crippen molar-refractivity contribution in [1.82, 2.24) is 31.9 Å². The number of carboxylic acid groups (broad SMARTS) is 1. The number of amides is 4. The lowest BCUT2D eigenvalue weighted by molar-refractivity contribution is -0.164. The molecule has 0 saturated carbocycles. The molecule has 0 aromatic heterocycles. The molecule has 4 amide bonds. The number of carbonyl (C=O) groups is 5. The first-order valence-corrected chi connectivity index (χ1v) is 17.8. The molecule has 0 saturated heterocycles. The van der Waals surface area contributed by atoms with Crippen LogP contribution in [-0.4, -0.2) is 118 Å². The molecule has 0 heterocycles. The number of benzene rings is 2. The maximum absolute atomic E-state index is 12.3. The van der Waals surface area contributed by atoms with Gasteiger partial charge in [0.05, 0.1) is 12.8 Å². The molecule has 0 bridgehead atoms. The first-order chi connectivity index (χ1) is 25.3. The van der Waals surface area contributed by atoms with E-state index in [9.17, 15) is 54.6 Å². The molecule has 0 fully saturated rings. The highest BCUT2D eigenvalue weighted by Gasteiger charge is 2.40. The molecule has 0 unspecified atom stereocenters. The van der Waals surface area contributed by atoms with Crippen LogP contribution in [0.5, 0.6) is 23.0 Å². The summed E-state index contributed by atoms with van der Waals surface area (Å²) in [5.74, 6) is -5.02. The molecular weight excluding hydrogens is 692 g/mol. The Balaban J connectivity index is 1.45. The maximum atomic E-state index is 12.3. The van der Waals surface area contributed by atoms with Crippen LogP contribution in [-0.2, 0) is 14.4 Å². The van der Waals surface area contributed by atoms with Crippen LogP contribution in [0.15, 0.2) is 36.4 Å². The largest absolute Gasteiger partial charge is 0.504 e. The lowest BCUT2D eigenvalue weighted by Gasteiger charge is -2.22. The average molecular weight is 747 g/mol. The lowest BCUT2D eigenvalue weighted by Crippen LogP contribution is -2.47. The van der Waals surface area contributed by atoms with E-state index < -0.39 is 36.2 Å². The molecular formula is C36H54N6O11. The van der Waals surface area contributed by atoms with Crippen LogP contribution in [0.25, 0.3) is 0 Å². The molecule has 0 aliphatic heterocycles. The first kappa shape index (κ1) is 44.0. The molecule has 17 nitrogen and oxygen atoms in total. The van der Waals surface area contributed by atoms with Gasteiger partial charge in [-0.2, -0.15) is 0 Å². The van der Waals surface area contributed by atoms with Crippen molar-refractivity contribution in [3.63, 3.8) is 0 Å². The highest BCUT2D eigenvalue weighted by atomic mass is 16.4. The zero-order valence-electron chi connectivity index (χ0n) is 29.9. The topological polar surface area (TPSA) is 279 Å². The third-order valence-electron chi connectivity index (χ3n) is 8.12. The fourth-order valence-corrected chi connectivity index (χ4v) is 5.04. The molecule has 2 aromatic carbocycles. The number of carbonyl (C=O) groups excluding carboxylic acids is 4. The highest BCUT2D eigenvalue weighted by Crippen LogP contribution is 2.25. The predicted molar refractivity (Wildman–Crippen MR) is 195 cm³/mol. The van der Waals surface area contributed by atoms with Crippen molar-refractivity contribution < 1.29 is 54.6 Å². The standard InChI is InChI=1S/C36H54N6O11/c43-27-11-9-25(21-29(27)45)33(49)41-19-7-15-37-13-3-1-5-17-39-31(47)23-36(53,35(51)52)24-32(48)40-18-6-2-4-14-38-16-8-20-42-34(50)26-10-12-28(44)30(46)22-26/h9-12,21-22,37-38,43-46,53H,1-8,13-20,23-24H2,(H,39,47)(H,40,48)(H,41,49)(H,42,50)(H,51,52). The Bertz CT molecular complexity index is 1390. The van der Waals surface area contributed by atoms with Crippen molar-refractivity contribution in [3.05, 3.63) is 47.5 Å². The summed E-state index contributed by atoms with van der Waals surface area (Å²) in [6.45, 7) is 4.21. The number of carboxylic acids is 1. The number of aromatic hydroxyl groups is 4. The molecule has 2 aromatic rings. The Hall–Kier alpha value is -5.13. The van der Waals surface area contributed by atoms with Gasteiger partial charge in [0.1, 0.15) is 0 Å². The lowest BCUT2D eigenvalue weighted by atomic mass is 9.94. The van der Waals surface area contributed by atoms with Crippen molar-refractivity contribution in [1.29, 1.82) is 0 Å². The van der Waals surface area contributed by atoms with Gasteiger partial charge in [-0.3, -0.25) is 19.2 Å². The zero-order valence-corrected chi connectivity index (χ0v) is 29.9. The van der Waals surface area contributed by atoms with Gasteiger partial charge < -0.3 is 62.5 Å². The van der Waals surface area contributed by atoms with Crippen molar-refractivity contribution in [2.45, 2.75) is 69.8 Å². The third kappa shape index (κ3) is 17.8. The van der Waals surface area contributed by atoms with Crippen molar-refractivity contribution in [2.24, 2.45) is 0 Å². The Labute approximate surface area is 308 Å². The minimum Gasteiger partial charge on any atom is -0.504 e. The second-order valence-electron chi connectivity index (χ2n) is 12.6. The number of phenols is 4. The molecule has 17 heteroatoms. The molecule has 0 spiro atoms. The molecule has 53 heavy (non-hydrogen) atoms. The van der Waals surface area contributed by atoms with E-state index in [0.717, 1.165) is 38.8 Å². The summed E-state index contributed by atoms with van der Waals surface area (Å²) in [6, 6.07) is 7.71. The van der Waals surface area contributed by atoms with E-state index in [0.29, 0.717) is 51.9 Å². The maximum Gasteiger partial charge on any atom is 0.336 e. The van der Waals surface area contributed by atoms with E-state index in [-0.39, 0.29) is 59.0 Å². The number of aliphatic carboxylic acids is 1. The van der Waals surface area contributed by atoms with E-state index in [1.54, 1.807) is 0 Å². The number of rotatable bonds is 27. The Morgan fingerprint density at radius 2 is 0.830 bits per heavy atom. The summed E-state index contributed by atoms with van der Waals surface area (Å²) in [6.07, 6.45) is 4.34. The number of hydrogen-bond acceptors (Lipinski definition) is 12. The highest BCUT2D eigenvalue weighted by molar-refractivity contribution is 5.95. The van der Waals surface area contributed by atoms with Crippen LogP contribution in [0.2, 0.25) is 0 Å². The smallest absolute Gasteiger partial charge is 0.336 e. The van der Waals surface area contributed by atoms with Crippen LogP contribution >= 0.6 is 0 Å². The van der Waals surface area contributed by atoms with Gasteiger partial charge in [-0.05, 0) is 101 Å². The second kappa shape index (κ2) is 24.2. The summed E-state index contributed by atoms with van der Waals surface area (Å²) in [7, 11) is 0. The van der Waals surface area contributed by atoms with Gasteiger partial charge in [-0.1, -0.05) is 12.8 Å². The third-order valence-corrected chi connectivity index (χ3v) is 8.12. The molecule has 2 rings (SSSR count). The summed E-state index contributed by atoms with van der Waals surface area (Å²) in [5.41, 5.74) is -2.04. The Morgan fingerprint density at radius 1 is 0.472 bits per heavy atom. The SMILES string of the molecule is O=C(CC(O)(CC(=O)NCCCCCNCCCNC(=O)c1ccc(O)c(O)c1)C(=O)O)NCCCCCNCCCNC(=O)c1ccc(O)c(O)c1. The van der Waals surface area contributed by atoms with Gasteiger partial charge >= 0.3 is 5.97 Å². The van der Waals surface area contributed by atoms with E-state index in [1.165, 1.54) is 36.4 Å². The van der Waals surface area contributed by atoms with Crippen molar-refractivity contribution >= 4 is 29.6 Å². The predicted octanol–water partition coefficient (Wildman–Crippen LogP) is 0.797. The number of nitrogens with one attached hydrogen (secondary N) is 6. The van der Waals surface area contributed by atoms with Gasteiger partial charge in [-0.25, -0.2) is 4.79 Å². The minimum atomic E-state index is -2.53. The van der Waals surface area contributed by atoms with Gasteiger partial charge in [-0.15, -0.1) is 0 Å². The second-order valence-corrected chi connectivity index (χ2v) is 12.6. The van der Waals surface area contributed by atoms with Gasteiger partial charge in [0.25, 0.3) is 11.8 Å². The van der Waals surface area contributed by atoms with Gasteiger partial charge in [0.15, 0.2) is 28.6 Å². The summed E-state index contributed by atoms with van der Waals surface area (Å²) in [4.78, 5) is 60.5. The van der Waals surface area contributed by atoms with Crippen LogP contribution < -0.4 is 31.9 Å². The van der Waals surface area contributed by atoms with Crippen molar-refractivity contribution in [3.8, 4) is 23.0 Å². The van der Waals surface area contributed by atoms with E-state index >= 15 is 0 Å². The number of phenolic OH excluding ortho intramolecular Hbond substituents is 4. The number of hydrogen-bond donors (Lipinski definition) is 12. The zero-order chi connectivity index (χ0) is 39.1. The summed E-state index contributed by atoms with van der Waals surface area (Å²) in [5, 5.41) is 74.9. The normalized spacial score (nSPS) is 11.1. The number of unbranched alkanes of at least 4 members (excludes halogenated alkanes) is 4. The van der Waals surface area contributed by atoms with E-state index in [2.05, 4.69) is 31.9 Å². The summed E-state index contributed by atoms with van der Waals surface area (Å²) >= 11 is 0. The fourth-order valence-electron chi connectivity index (χ4n) is 5.04. The van der Waals surface area contributed by atoms with Crippen LogP contribution in [0.3, 0.4) is 0 Å². The number of aliphatic hydroxyl groups is 1. The van der Waals surface area contributed by atoms with Crippen molar-refractivity contribution in [2.75, 3.05) is 52.4 Å². The molecule has 0 aliphatic carbocycles. The van der Waals surface area contributed by atoms with E-state index in [4.69, 9.17) is 0 Å². The van der Waals surface area contributed by atoms with Gasteiger partial charge in [0, 0.05) is 37.3 Å². The summed E-state index contributed by atoms with van der Waals surface area (Å²) < 4.78 is 0. The molecule has 12 N–H and O–H groups in total. The fraction of sp³-hybridized carbons (Fsp3) is 0.528. The Kier molecular flexibility index (Phi) is 20.1. The Morgan fingerprint density at radius 3 is 1.21 bits per heavy atom. The van der Waals surface area contributed by atoms with Crippen LogP contribution in [0, 0.1) is 0 Å². The van der Waals surface area contributed by atoms with Crippen LogP contribution in [0.1, 0.15) is 84.9 Å². The molecule has 0 aliphatic rings. The first-order valence-electron chi connectivity index (χ1n) is 17.8. The molecule has 0 atom stereocenters. The van der Waals surface area contributed by atoms with E-state index in [1.807, 2.05) is 0 Å². The molecule has 0 radical (unpaired) electrons. The monoisotopic (exact) mass is 746 g/mol. The quantitative estimate of drug-likeness (QED) is 0.0446. The average Bonchev–Trinajstić information content (AvgIpc) is 3.11.